The van der Waals surface area contributed by atoms with E-state index in [0.717, 1.165) is 4.31 Å². The summed E-state index contributed by atoms with van der Waals surface area (Å²) in [6, 6.07) is 14.8. The summed E-state index contributed by atoms with van der Waals surface area (Å²) in [7, 11) is 1.20. The molecular weight excluding hydrogens is 610 g/mol. The second-order valence-corrected chi connectivity index (χ2v) is 11.8. The lowest BCUT2D eigenvalue weighted by Gasteiger charge is -2.33. The van der Waals surface area contributed by atoms with E-state index in [9.17, 15) is 18.0 Å². The number of carbonyl (C=O) groups excluding carboxylic acids is 2. The molecule has 0 saturated heterocycles. The monoisotopic (exact) mass is 647 g/mol. The summed E-state index contributed by atoms with van der Waals surface area (Å²) >= 11 is 6.44. The van der Waals surface area contributed by atoms with Crippen molar-refractivity contribution in [3.63, 3.8) is 0 Å². The summed E-state index contributed by atoms with van der Waals surface area (Å²) < 4.78 is 51.2. The molecule has 13 heteroatoms. The Morgan fingerprint density at radius 2 is 1.52 bits per heavy atom. The number of benzene rings is 3. The normalized spacial score (nSPS) is 11.7. The lowest BCUT2D eigenvalue weighted by molar-refractivity contribution is -0.140. The van der Waals surface area contributed by atoms with Gasteiger partial charge in [-0.15, -0.1) is 0 Å². The fourth-order valence-corrected chi connectivity index (χ4v) is 6.26. The number of nitrogens with one attached hydrogen (secondary N) is 1. The predicted molar refractivity (Wildman–Crippen MR) is 168 cm³/mol. The third kappa shape index (κ3) is 7.67. The smallest absolute Gasteiger partial charge is 0.265 e. The van der Waals surface area contributed by atoms with E-state index in [0.29, 0.717) is 28.6 Å². The van der Waals surface area contributed by atoms with E-state index in [1.165, 1.54) is 57.6 Å². The zero-order valence-corrected chi connectivity index (χ0v) is 27.2. The number of likely N-dealkylation sites (N-methyl/N-ethyl adjacent to an activating group) is 1. The molecule has 3 rings (SSSR count). The summed E-state index contributed by atoms with van der Waals surface area (Å²) in [6.07, 6.45) is 0.271. The van der Waals surface area contributed by atoms with Gasteiger partial charge in [-0.05, 0) is 49.2 Å². The Bertz CT molecular complexity index is 1570. The summed E-state index contributed by atoms with van der Waals surface area (Å²) in [5, 5.41) is 3.17. The van der Waals surface area contributed by atoms with Gasteiger partial charge in [0, 0.05) is 30.2 Å². The van der Waals surface area contributed by atoms with E-state index in [1.807, 2.05) is 0 Å². The van der Waals surface area contributed by atoms with Gasteiger partial charge in [-0.3, -0.25) is 13.9 Å². The Morgan fingerprint density at radius 1 is 0.864 bits per heavy atom. The molecule has 0 aliphatic rings. The minimum atomic E-state index is -4.45. The number of rotatable bonds is 15. The van der Waals surface area contributed by atoms with Crippen LogP contribution in [-0.4, -0.2) is 72.7 Å². The number of hydrogen-bond donors (Lipinski definition) is 1. The number of methoxy groups -OCH3 is 4. The quantitative estimate of drug-likeness (QED) is 0.256. The number of nitrogens with zero attached hydrogens (tertiary/aromatic N) is 2. The van der Waals surface area contributed by atoms with Crippen molar-refractivity contribution in [2.45, 2.75) is 37.8 Å². The van der Waals surface area contributed by atoms with E-state index >= 15 is 0 Å². The van der Waals surface area contributed by atoms with E-state index in [4.69, 9.17) is 30.5 Å². The molecule has 0 spiro atoms. The zero-order valence-electron chi connectivity index (χ0n) is 25.6. The SMILES string of the molecule is CCNC(=O)[C@@H](CC)N(Cc1ccccc1Cl)C(=O)CN(c1cc(OC)ccc1OC)S(=O)(=O)c1ccc(OC)c(OC)c1. The third-order valence-electron chi connectivity index (χ3n) is 6.91. The Hall–Kier alpha value is -4.16. The van der Waals surface area contributed by atoms with Gasteiger partial charge in [0.25, 0.3) is 10.0 Å². The lowest BCUT2D eigenvalue weighted by Crippen LogP contribution is -2.52. The average molecular weight is 648 g/mol. The molecule has 0 heterocycles. The molecule has 0 aliphatic carbocycles. The third-order valence-corrected chi connectivity index (χ3v) is 9.04. The van der Waals surface area contributed by atoms with Crippen LogP contribution in [0.2, 0.25) is 5.02 Å². The summed E-state index contributed by atoms with van der Waals surface area (Å²) in [4.78, 5) is 28.6. The van der Waals surface area contributed by atoms with E-state index < -0.39 is 28.5 Å². The molecule has 0 bridgehead atoms. The first-order valence-electron chi connectivity index (χ1n) is 13.8. The molecule has 0 unspecified atom stereocenters. The van der Waals surface area contributed by atoms with Crippen molar-refractivity contribution in [1.29, 1.82) is 0 Å². The van der Waals surface area contributed by atoms with Crippen LogP contribution in [-0.2, 0) is 26.2 Å². The largest absolute Gasteiger partial charge is 0.497 e. The number of anilines is 1. The van der Waals surface area contributed by atoms with Gasteiger partial charge in [-0.2, -0.15) is 0 Å². The Morgan fingerprint density at radius 3 is 2.11 bits per heavy atom. The fourth-order valence-electron chi connectivity index (χ4n) is 4.63. The topological polar surface area (TPSA) is 124 Å². The highest BCUT2D eigenvalue weighted by Crippen LogP contribution is 2.38. The highest BCUT2D eigenvalue weighted by molar-refractivity contribution is 7.92. The fraction of sp³-hybridized carbons (Fsp3) is 0.355. The van der Waals surface area contributed by atoms with Crippen LogP contribution in [0, 0.1) is 0 Å². The molecule has 3 aromatic carbocycles. The minimum absolute atomic E-state index is 0.0341. The number of amides is 2. The molecule has 0 aliphatic heterocycles. The van der Waals surface area contributed by atoms with Gasteiger partial charge < -0.3 is 29.2 Å². The number of ether oxygens (including phenoxy) is 4. The number of halogens is 1. The maximum atomic E-state index is 14.4. The molecule has 0 saturated carbocycles. The summed E-state index contributed by atoms with van der Waals surface area (Å²) in [5.74, 6) is 0.00545. The van der Waals surface area contributed by atoms with Crippen molar-refractivity contribution in [3.05, 3.63) is 71.2 Å². The van der Waals surface area contributed by atoms with Gasteiger partial charge in [0.2, 0.25) is 11.8 Å². The molecule has 0 radical (unpaired) electrons. The van der Waals surface area contributed by atoms with Crippen LogP contribution in [0.25, 0.3) is 0 Å². The molecule has 1 N–H and O–H groups in total. The lowest BCUT2D eigenvalue weighted by atomic mass is 10.1. The number of sulfonamides is 1. The van der Waals surface area contributed by atoms with Gasteiger partial charge in [-0.25, -0.2) is 8.42 Å². The van der Waals surface area contributed by atoms with Crippen molar-refractivity contribution in [3.8, 4) is 23.0 Å². The predicted octanol–water partition coefficient (Wildman–Crippen LogP) is 4.51. The van der Waals surface area contributed by atoms with Crippen LogP contribution < -0.4 is 28.6 Å². The van der Waals surface area contributed by atoms with E-state index in [2.05, 4.69) is 5.32 Å². The highest BCUT2D eigenvalue weighted by atomic mass is 35.5. The van der Waals surface area contributed by atoms with Gasteiger partial charge in [-0.1, -0.05) is 36.7 Å². The maximum Gasteiger partial charge on any atom is 0.265 e. The number of carbonyl (C=O) groups is 2. The van der Waals surface area contributed by atoms with Crippen LogP contribution >= 0.6 is 11.6 Å². The molecule has 0 aromatic heterocycles. The molecule has 3 aromatic rings. The number of hydrogen-bond acceptors (Lipinski definition) is 8. The van der Waals surface area contributed by atoms with Crippen molar-refractivity contribution in [2.24, 2.45) is 0 Å². The van der Waals surface area contributed by atoms with Crippen molar-refractivity contribution < 1.29 is 37.0 Å². The van der Waals surface area contributed by atoms with Gasteiger partial charge >= 0.3 is 0 Å². The molecule has 11 nitrogen and oxygen atoms in total. The van der Waals surface area contributed by atoms with Crippen LogP contribution in [0.1, 0.15) is 25.8 Å². The molecule has 2 amide bonds. The van der Waals surface area contributed by atoms with Crippen LogP contribution in [0.5, 0.6) is 23.0 Å². The molecular formula is C31H38ClN3O8S. The van der Waals surface area contributed by atoms with Crippen molar-refractivity contribution in [1.82, 2.24) is 10.2 Å². The van der Waals surface area contributed by atoms with E-state index in [1.54, 1.807) is 50.2 Å². The van der Waals surface area contributed by atoms with Crippen LogP contribution in [0.15, 0.2) is 65.6 Å². The maximum absolute atomic E-state index is 14.4. The Labute approximate surface area is 263 Å². The minimum Gasteiger partial charge on any atom is -0.497 e. The van der Waals surface area contributed by atoms with Gasteiger partial charge in [0.1, 0.15) is 24.1 Å². The van der Waals surface area contributed by atoms with Crippen LogP contribution in [0.3, 0.4) is 0 Å². The molecule has 44 heavy (non-hydrogen) atoms. The summed E-state index contributed by atoms with van der Waals surface area (Å²) in [5.41, 5.74) is 0.650. The Balaban J connectivity index is 2.21. The standard InChI is InChI=1S/C31H38ClN3O8S/c1-7-25(31(37)33-8-2)34(19-21-11-9-10-12-24(21)32)30(36)20-35(26-17-22(40-3)13-15-27(26)41-4)44(38,39)23-14-16-28(42-5)29(18-23)43-6/h9-18,25H,7-8,19-20H2,1-6H3,(H,33,37)/t25-/m1/s1. The second-order valence-electron chi connectivity index (χ2n) is 9.50. The average Bonchev–Trinajstić information content (AvgIpc) is 3.03. The molecule has 238 valence electrons. The molecule has 1 atom stereocenters. The zero-order chi connectivity index (χ0) is 32.4. The van der Waals surface area contributed by atoms with Crippen molar-refractivity contribution >= 4 is 39.1 Å². The van der Waals surface area contributed by atoms with Gasteiger partial charge in [0.05, 0.1) is 39.0 Å². The second kappa shape index (κ2) is 15.5. The van der Waals surface area contributed by atoms with Crippen molar-refractivity contribution in [2.75, 3.05) is 45.8 Å². The van der Waals surface area contributed by atoms with Gasteiger partial charge in [0.15, 0.2) is 11.5 Å². The molecule has 0 fully saturated rings. The highest BCUT2D eigenvalue weighted by Gasteiger charge is 2.35. The Kier molecular flexibility index (Phi) is 12.1. The first-order valence-corrected chi connectivity index (χ1v) is 15.6. The first kappa shape index (κ1) is 34.3. The van der Waals surface area contributed by atoms with E-state index in [-0.39, 0.29) is 41.0 Å². The summed E-state index contributed by atoms with van der Waals surface area (Å²) in [6.45, 7) is 3.19. The van der Waals surface area contributed by atoms with Crippen LogP contribution in [0.4, 0.5) is 5.69 Å². The first-order chi connectivity index (χ1) is 21.1.